The van der Waals surface area contributed by atoms with Gasteiger partial charge in [-0.25, -0.2) is 8.42 Å². The molecule has 0 radical (unpaired) electrons. The largest absolute Gasteiger partial charge is 0.377 e. The van der Waals surface area contributed by atoms with Gasteiger partial charge in [-0.3, -0.25) is 0 Å². The molecule has 0 aromatic carbocycles. The first-order valence-electron chi connectivity index (χ1n) is 2.72. The summed E-state index contributed by atoms with van der Waals surface area (Å²) in [4.78, 5) is 0. The highest BCUT2D eigenvalue weighted by Gasteiger charge is 2.19. The molecule has 0 fully saturated rings. The molecule has 0 bridgehead atoms. The van der Waals surface area contributed by atoms with Gasteiger partial charge in [-0.05, 0) is 5.92 Å². The number of aliphatic hydroxyl groups excluding tert-OH is 1. The molecular weight excluding hydrogens is 140 g/mol. The van der Waals surface area contributed by atoms with E-state index >= 15 is 0 Å². The SMILES string of the molecule is CC(C)C(O)S(C)(=O)=O. The van der Waals surface area contributed by atoms with Crippen molar-refractivity contribution in [2.24, 2.45) is 5.92 Å². The molecule has 0 aromatic heterocycles. The number of sulfone groups is 1. The lowest BCUT2D eigenvalue weighted by atomic mass is 10.2. The van der Waals surface area contributed by atoms with Crippen molar-refractivity contribution in [3.8, 4) is 0 Å². The third-order valence-electron chi connectivity index (χ3n) is 1.01. The lowest BCUT2D eigenvalue weighted by Gasteiger charge is -2.10. The van der Waals surface area contributed by atoms with Crippen molar-refractivity contribution in [3.63, 3.8) is 0 Å². The van der Waals surface area contributed by atoms with Crippen LogP contribution in [-0.2, 0) is 9.84 Å². The third-order valence-corrected chi connectivity index (χ3v) is 2.43. The van der Waals surface area contributed by atoms with Crippen LogP contribution >= 0.6 is 0 Å². The molecule has 0 saturated carbocycles. The molecular formula is C5H12O3S. The second kappa shape index (κ2) is 2.66. The van der Waals surface area contributed by atoms with E-state index in [1.54, 1.807) is 13.8 Å². The van der Waals surface area contributed by atoms with E-state index in [2.05, 4.69) is 0 Å². The van der Waals surface area contributed by atoms with Gasteiger partial charge in [-0.15, -0.1) is 0 Å². The summed E-state index contributed by atoms with van der Waals surface area (Å²) in [5.41, 5.74) is -1.21. The Labute approximate surface area is 55.6 Å². The van der Waals surface area contributed by atoms with Crippen LogP contribution in [-0.4, -0.2) is 25.2 Å². The van der Waals surface area contributed by atoms with E-state index in [9.17, 15) is 8.42 Å². The molecule has 0 aliphatic rings. The van der Waals surface area contributed by atoms with Crippen LogP contribution in [0.1, 0.15) is 13.8 Å². The van der Waals surface area contributed by atoms with Crippen LogP contribution in [0.5, 0.6) is 0 Å². The van der Waals surface area contributed by atoms with Gasteiger partial charge in [-0.1, -0.05) is 13.8 Å². The highest BCUT2D eigenvalue weighted by Crippen LogP contribution is 2.06. The topological polar surface area (TPSA) is 54.4 Å². The molecule has 1 unspecified atom stereocenters. The fourth-order valence-corrected chi connectivity index (χ4v) is 1.48. The Balaban J connectivity index is 4.24. The van der Waals surface area contributed by atoms with E-state index in [1.807, 2.05) is 0 Å². The second-order valence-corrected chi connectivity index (χ2v) is 4.61. The van der Waals surface area contributed by atoms with Gasteiger partial charge < -0.3 is 5.11 Å². The Morgan fingerprint density at radius 1 is 1.33 bits per heavy atom. The van der Waals surface area contributed by atoms with Gasteiger partial charge in [0.05, 0.1) is 0 Å². The van der Waals surface area contributed by atoms with Crippen LogP contribution in [0.15, 0.2) is 0 Å². The minimum Gasteiger partial charge on any atom is -0.377 e. The maximum Gasteiger partial charge on any atom is 0.174 e. The molecule has 4 heteroatoms. The fourth-order valence-electron chi connectivity index (χ4n) is 0.494. The Morgan fingerprint density at radius 3 is 1.67 bits per heavy atom. The van der Waals surface area contributed by atoms with Crippen molar-refractivity contribution in [3.05, 3.63) is 0 Å². The van der Waals surface area contributed by atoms with Gasteiger partial charge in [0.15, 0.2) is 15.3 Å². The molecule has 1 N–H and O–H groups in total. The van der Waals surface area contributed by atoms with Crippen LogP contribution < -0.4 is 0 Å². The Bertz CT molecular complexity index is 169. The van der Waals surface area contributed by atoms with Crippen molar-refractivity contribution in [2.75, 3.05) is 6.26 Å². The minimum absolute atomic E-state index is 0.222. The van der Waals surface area contributed by atoms with Gasteiger partial charge in [0, 0.05) is 6.26 Å². The van der Waals surface area contributed by atoms with Gasteiger partial charge >= 0.3 is 0 Å². The van der Waals surface area contributed by atoms with Crippen molar-refractivity contribution in [1.29, 1.82) is 0 Å². The molecule has 1 atom stereocenters. The molecule has 56 valence electrons. The summed E-state index contributed by atoms with van der Waals surface area (Å²) in [6.07, 6.45) is 1.03. The summed E-state index contributed by atoms with van der Waals surface area (Å²) >= 11 is 0. The number of hydrogen-bond acceptors (Lipinski definition) is 3. The van der Waals surface area contributed by atoms with E-state index < -0.39 is 15.3 Å². The number of aliphatic hydroxyl groups is 1. The molecule has 9 heavy (non-hydrogen) atoms. The summed E-state index contributed by atoms with van der Waals surface area (Å²) in [5, 5.41) is 8.88. The minimum atomic E-state index is -3.25. The van der Waals surface area contributed by atoms with E-state index in [0.29, 0.717) is 0 Å². The zero-order chi connectivity index (χ0) is 7.65. The molecule has 3 nitrogen and oxygen atoms in total. The molecule has 0 aliphatic heterocycles. The lowest BCUT2D eigenvalue weighted by molar-refractivity contribution is 0.200. The van der Waals surface area contributed by atoms with Crippen LogP contribution in [0, 0.1) is 5.92 Å². The zero-order valence-corrected chi connectivity index (χ0v) is 6.64. The number of rotatable bonds is 2. The Kier molecular flexibility index (Phi) is 2.64. The Hall–Kier alpha value is -0.0900. The summed E-state index contributed by atoms with van der Waals surface area (Å²) in [6, 6.07) is 0. The van der Waals surface area contributed by atoms with E-state index in [0.717, 1.165) is 6.26 Å². The smallest absolute Gasteiger partial charge is 0.174 e. The molecule has 0 aromatic rings. The van der Waals surface area contributed by atoms with Crippen LogP contribution in [0.2, 0.25) is 0 Å². The Morgan fingerprint density at radius 2 is 1.67 bits per heavy atom. The molecule has 0 aliphatic carbocycles. The van der Waals surface area contributed by atoms with Gasteiger partial charge in [0.2, 0.25) is 0 Å². The first-order chi connectivity index (χ1) is 3.85. The molecule has 0 spiro atoms. The van der Waals surface area contributed by atoms with Crippen molar-refractivity contribution in [2.45, 2.75) is 19.3 Å². The van der Waals surface area contributed by atoms with Crippen LogP contribution in [0.3, 0.4) is 0 Å². The summed E-state index contributed by atoms with van der Waals surface area (Å²) in [7, 11) is -3.25. The monoisotopic (exact) mass is 152 g/mol. The van der Waals surface area contributed by atoms with E-state index in [4.69, 9.17) is 5.11 Å². The third kappa shape index (κ3) is 2.81. The van der Waals surface area contributed by atoms with Crippen molar-refractivity contribution < 1.29 is 13.5 Å². The summed E-state index contributed by atoms with van der Waals surface area (Å²) < 4.78 is 21.0. The average Bonchev–Trinajstić information content (AvgIpc) is 1.62. The fraction of sp³-hybridized carbons (Fsp3) is 1.00. The van der Waals surface area contributed by atoms with Crippen LogP contribution in [0.4, 0.5) is 0 Å². The molecule has 0 heterocycles. The van der Waals surface area contributed by atoms with Gasteiger partial charge in [-0.2, -0.15) is 0 Å². The second-order valence-electron chi connectivity index (χ2n) is 2.46. The predicted octanol–water partition coefficient (Wildman–Crippen LogP) is 0.00540. The quantitative estimate of drug-likeness (QED) is 0.606. The normalized spacial score (nSPS) is 16.1. The van der Waals surface area contributed by atoms with Gasteiger partial charge in [0.25, 0.3) is 0 Å². The standard InChI is InChI=1S/C5H12O3S/c1-4(2)5(6)9(3,7)8/h4-6H,1-3H3. The number of hydrogen-bond donors (Lipinski definition) is 1. The van der Waals surface area contributed by atoms with Crippen molar-refractivity contribution in [1.82, 2.24) is 0 Å². The predicted molar refractivity (Wildman–Crippen MR) is 35.7 cm³/mol. The molecule has 0 rings (SSSR count). The lowest BCUT2D eigenvalue weighted by Crippen LogP contribution is -2.24. The molecule has 0 amide bonds. The maximum absolute atomic E-state index is 10.5. The van der Waals surface area contributed by atoms with Gasteiger partial charge in [0.1, 0.15) is 0 Å². The highest BCUT2D eigenvalue weighted by molar-refractivity contribution is 7.91. The van der Waals surface area contributed by atoms with Crippen LogP contribution in [0.25, 0.3) is 0 Å². The average molecular weight is 152 g/mol. The maximum atomic E-state index is 10.5. The highest BCUT2D eigenvalue weighted by atomic mass is 32.2. The van der Waals surface area contributed by atoms with Crippen molar-refractivity contribution >= 4 is 9.84 Å². The van der Waals surface area contributed by atoms with E-state index in [-0.39, 0.29) is 5.92 Å². The first-order valence-corrected chi connectivity index (χ1v) is 4.68. The first kappa shape index (κ1) is 8.91. The summed E-state index contributed by atoms with van der Waals surface area (Å²) in [5.74, 6) is -0.222. The zero-order valence-electron chi connectivity index (χ0n) is 5.83. The van der Waals surface area contributed by atoms with E-state index in [1.165, 1.54) is 0 Å². The molecule has 0 saturated heterocycles. The summed E-state index contributed by atoms with van der Waals surface area (Å²) in [6.45, 7) is 3.32.